The number of nitrogens with zero attached hydrogens (tertiary/aromatic N) is 3. The van der Waals surface area contributed by atoms with Crippen LogP contribution in [0.4, 0.5) is 5.69 Å². The topological polar surface area (TPSA) is 85.8 Å². The number of allylic oxidation sites excluding steroid dienone is 1. The van der Waals surface area contributed by atoms with Gasteiger partial charge in [-0.2, -0.15) is 0 Å². The van der Waals surface area contributed by atoms with Gasteiger partial charge in [-0.3, -0.25) is 4.79 Å². The number of primary amides is 1. The second-order valence-electron chi connectivity index (χ2n) is 4.77. The number of nitrogens with one attached hydrogen (secondary N) is 1. The number of hydrogen-bond donors (Lipinski definition) is 2. The van der Waals surface area contributed by atoms with E-state index in [9.17, 15) is 4.79 Å². The minimum absolute atomic E-state index is 0.181. The molecule has 1 aromatic carbocycles. The van der Waals surface area contributed by atoms with Crippen LogP contribution in [0.2, 0.25) is 0 Å². The Kier molecular flexibility index (Phi) is 5.60. The highest BCUT2D eigenvalue weighted by molar-refractivity contribution is 7.99. The molecule has 2 aromatic rings. The van der Waals surface area contributed by atoms with Crippen LogP contribution in [0.5, 0.6) is 0 Å². The Labute approximate surface area is 133 Å². The number of aromatic nitrogens is 3. The number of nitrogens with two attached hydrogens (primary N) is 1. The zero-order valence-corrected chi connectivity index (χ0v) is 13.3. The average molecular weight is 317 g/mol. The fraction of sp³-hybridized carbons (Fsp3) is 0.267. The van der Waals surface area contributed by atoms with Crippen molar-refractivity contribution in [3.05, 3.63) is 48.3 Å². The number of amides is 1. The van der Waals surface area contributed by atoms with Crippen molar-refractivity contribution in [2.24, 2.45) is 5.73 Å². The predicted molar refractivity (Wildman–Crippen MR) is 88.6 cm³/mol. The highest BCUT2D eigenvalue weighted by Gasteiger charge is 2.12. The Bertz CT molecular complexity index is 650. The molecule has 7 heteroatoms. The summed E-state index contributed by atoms with van der Waals surface area (Å²) < 4.78 is 1.92. The SMILES string of the molecule is C=CCn1c(CNc2ccc(C)cc2)nnc1SCC(N)=O. The molecule has 0 radical (unpaired) electrons. The Hall–Kier alpha value is -2.28. The van der Waals surface area contributed by atoms with Crippen LogP contribution < -0.4 is 11.1 Å². The number of hydrogen-bond acceptors (Lipinski definition) is 5. The fourth-order valence-corrected chi connectivity index (χ4v) is 2.56. The highest BCUT2D eigenvalue weighted by atomic mass is 32.2. The van der Waals surface area contributed by atoms with E-state index in [4.69, 9.17) is 5.73 Å². The van der Waals surface area contributed by atoms with Crippen molar-refractivity contribution >= 4 is 23.4 Å². The van der Waals surface area contributed by atoms with E-state index in [0.717, 1.165) is 11.5 Å². The first kappa shape index (κ1) is 16.1. The van der Waals surface area contributed by atoms with Crippen molar-refractivity contribution < 1.29 is 4.79 Å². The smallest absolute Gasteiger partial charge is 0.227 e. The Morgan fingerprint density at radius 2 is 2.14 bits per heavy atom. The Balaban J connectivity index is 2.07. The van der Waals surface area contributed by atoms with Crippen LogP contribution in [0.25, 0.3) is 0 Å². The third-order valence-electron chi connectivity index (χ3n) is 2.95. The zero-order chi connectivity index (χ0) is 15.9. The lowest BCUT2D eigenvalue weighted by atomic mass is 10.2. The van der Waals surface area contributed by atoms with Crippen molar-refractivity contribution in [2.75, 3.05) is 11.1 Å². The van der Waals surface area contributed by atoms with Crippen molar-refractivity contribution in [2.45, 2.75) is 25.2 Å². The molecule has 22 heavy (non-hydrogen) atoms. The Morgan fingerprint density at radius 3 is 2.77 bits per heavy atom. The van der Waals surface area contributed by atoms with Gasteiger partial charge in [0.15, 0.2) is 11.0 Å². The van der Waals surface area contributed by atoms with Crippen LogP contribution in [0.1, 0.15) is 11.4 Å². The summed E-state index contributed by atoms with van der Waals surface area (Å²) in [6, 6.07) is 8.13. The van der Waals surface area contributed by atoms with Gasteiger partial charge in [-0.1, -0.05) is 35.5 Å². The number of rotatable bonds is 8. The van der Waals surface area contributed by atoms with E-state index in [1.54, 1.807) is 6.08 Å². The molecule has 0 spiro atoms. The van der Waals surface area contributed by atoms with E-state index in [-0.39, 0.29) is 11.7 Å². The monoisotopic (exact) mass is 317 g/mol. The lowest BCUT2D eigenvalue weighted by Crippen LogP contribution is -2.14. The maximum absolute atomic E-state index is 10.9. The lowest BCUT2D eigenvalue weighted by molar-refractivity contribution is -0.115. The van der Waals surface area contributed by atoms with Gasteiger partial charge in [-0.15, -0.1) is 16.8 Å². The van der Waals surface area contributed by atoms with Crippen LogP contribution in [0, 0.1) is 6.92 Å². The molecule has 0 fully saturated rings. The zero-order valence-electron chi connectivity index (χ0n) is 12.5. The van der Waals surface area contributed by atoms with Crippen LogP contribution in [-0.2, 0) is 17.9 Å². The Morgan fingerprint density at radius 1 is 1.41 bits per heavy atom. The van der Waals surface area contributed by atoms with Gasteiger partial charge in [0.1, 0.15) is 0 Å². The number of carbonyl (C=O) groups excluding carboxylic acids is 1. The summed E-state index contributed by atoms with van der Waals surface area (Å²) in [5, 5.41) is 12.3. The van der Waals surface area contributed by atoms with Gasteiger partial charge < -0.3 is 15.6 Å². The third-order valence-corrected chi connectivity index (χ3v) is 3.94. The summed E-state index contributed by atoms with van der Waals surface area (Å²) in [7, 11) is 0. The van der Waals surface area contributed by atoms with E-state index < -0.39 is 0 Å². The molecule has 0 bridgehead atoms. The number of thioether (sulfide) groups is 1. The molecule has 6 nitrogen and oxygen atoms in total. The third kappa shape index (κ3) is 4.36. The highest BCUT2D eigenvalue weighted by Crippen LogP contribution is 2.18. The molecule has 1 heterocycles. The lowest BCUT2D eigenvalue weighted by Gasteiger charge is -2.09. The second-order valence-corrected chi connectivity index (χ2v) is 5.72. The number of anilines is 1. The molecule has 0 atom stereocenters. The maximum atomic E-state index is 10.9. The van der Waals surface area contributed by atoms with Gasteiger partial charge in [0, 0.05) is 12.2 Å². The standard InChI is InChI=1S/C15H19N5OS/c1-3-8-20-14(18-19-15(20)22-10-13(16)21)9-17-12-6-4-11(2)5-7-12/h3-7,17H,1,8-10H2,2H3,(H2,16,21). The van der Waals surface area contributed by atoms with Gasteiger partial charge in [-0.25, -0.2) is 0 Å². The molecule has 116 valence electrons. The minimum atomic E-state index is -0.377. The van der Waals surface area contributed by atoms with E-state index >= 15 is 0 Å². The first-order chi connectivity index (χ1) is 10.6. The normalized spacial score (nSPS) is 10.4. The molecule has 0 aliphatic heterocycles. The van der Waals surface area contributed by atoms with Gasteiger partial charge >= 0.3 is 0 Å². The van der Waals surface area contributed by atoms with Crippen LogP contribution in [0.15, 0.2) is 42.1 Å². The molecule has 0 saturated heterocycles. The van der Waals surface area contributed by atoms with Gasteiger partial charge in [0.25, 0.3) is 0 Å². The fourth-order valence-electron chi connectivity index (χ4n) is 1.86. The van der Waals surface area contributed by atoms with Crippen molar-refractivity contribution in [3.8, 4) is 0 Å². The average Bonchev–Trinajstić information content (AvgIpc) is 2.87. The molecular weight excluding hydrogens is 298 g/mol. The number of carbonyl (C=O) groups is 1. The van der Waals surface area contributed by atoms with Gasteiger partial charge in [-0.05, 0) is 19.1 Å². The van der Waals surface area contributed by atoms with Crippen LogP contribution >= 0.6 is 11.8 Å². The summed E-state index contributed by atoms with van der Waals surface area (Å²) in [6.07, 6.45) is 1.77. The molecule has 0 saturated carbocycles. The molecule has 3 N–H and O–H groups in total. The minimum Gasteiger partial charge on any atom is -0.378 e. The first-order valence-electron chi connectivity index (χ1n) is 6.84. The molecule has 1 aromatic heterocycles. The largest absolute Gasteiger partial charge is 0.378 e. The predicted octanol–water partition coefficient (Wildman–Crippen LogP) is 1.96. The summed E-state index contributed by atoms with van der Waals surface area (Å²) in [5.41, 5.74) is 7.40. The van der Waals surface area contributed by atoms with Crippen molar-refractivity contribution in [3.63, 3.8) is 0 Å². The molecule has 0 aliphatic carbocycles. The summed E-state index contributed by atoms with van der Waals surface area (Å²) in [4.78, 5) is 10.9. The second kappa shape index (κ2) is 7.65. The van der Waals surface area contributed by atoms with Crippen LogP contribution in [0.3, 0.4) is 0 Å². The van der Waals surface area contributed by atoms with Crippen molar-refractivity contribution in [1.82, 2.24) is 14.8 Å². The van der Waals surface area contributed by atoms with E-state index in [2.05, 4.69) is 22.1 Å². The van der Waals surface area contributed by atoms with E-state index in [1.807, 2.05) is 35.8 Å². The quantitative estimate of drug-likeness (QED) is 0.574. The van der Waals surface area contributed by atoms with Gasteiger partial charge in [0.2, 0.25) is 5.91 Å². The van der Waals surface area contributed by atoms with E-state index in [1.165, 1.54) is 17.3 Å². The maximum Gasteiger partial charge on any atom is 0.227 e. The van der Waals surface area contributed by atoms with Gasteiger partial charge in [0.05, 0.1) is 12.3 Å². The van der Waals surface area contributed by atoms with Crippen molar-refractivity contribution in [1.29, 1.82) is 0 Å². The molecule has 0 unspecified atom stereocenters. The number of aryl methyl sites for hydroxylation is 1. The van der Waals surface area contributed by atoms with Crippen LogP contribution in [-0.4, -0.2) is 26.4 Å². The first-order valence-corrected chi connectivity index (χ1v) is 7.83. The summed E-state index contributed by atoms with van der Waals surface area (Å²) in [6.45, 7) is 6.92. The summed E-state index contributed by atoms with van der Waals surface area (Å²) in [5.74, 6) is 0.589. The molecular formula is C15H19N5OS. The number of benzene rings is 1. The molecule has 0 aliphatic rings. The molecule has 1 amide bonds. The molecule has 2 rings (SSSR count). The van der Waals surface area contributed by atoms with E-state index in [0.29, 0.717) is 18.2 Å². The summed E-state index contributed by atoms with van der Waals surface area (Å²) >= 11 is 1.28.